The molecular formula is C41H35N5O4. The molecule has 3 heterocycles. The van der Waals surface area contributed by atoms with Crippen molar-refractivity contribution in [2.75, 3.05) is 0 Å². The lowest BCUT2D eigenvalue weighted by molar-refractivity contribution is -0.252. The van der Waals surface area contributed by atoms with Gasteiger partial charge in [0.15, 0.2) is 6.29 Å². The number of amides is 1. The molecule has 1 saturated heterocycles. The Balaban J connectivity index is 1.01. The molecule has 0 unspecified atom stereocenters. The molecule has 9 heteroatoms. The van der Waals surface area contributed by atoms with E-state index in [1.165, 1.54) is 6.20 Å². The van der Waals surface area contributed by atoms with E-state index in [9.17, 15) is 9.90 Å². The van der Waals surface area contributed by atoms with Crippen molar-refractivity contribution in [2.45, 2.75) is 44.6 Å². The minimum atomic E-state index is -0.585. The van der Waals surface area contributed by atoms with Crippen LogP contribution in [0, 0.1) is 0 Å². The highest BCUT2D eigenvalue weighted by atomic mass is 16.7. The topological polar surface area (TPSA) is 111 Å². The number of hydrogen-bond acceptors (Lipinski definition) is 7. The van der Waals surface area contributed by atoms with Gasteiger partial charge in [-0.3, -0.25) is 9.78 Å². The Labute approximate surface area is 289 Å². The first-order valence-electron chi connectivity index (χ1n) is 16.7. The average molecular weight is 662 g/mol. The molecule has 2 N–H and O–H groups in total. The summed E-state index contributed by atoms with van der Waals surface area (Å²) in [5, 5.41) is 12.6. The van der Waals surface area contributed by atoms with Gasteiger partial charge in [0.05, 0.1) is 60.0 Å². The van der Waals surface area contributed by atoms with E-state index in [0.29, 0.717) is 25.0 Å². The number of aliphatic hydroxyl groups excluding tert-OH is 1. The van der Waals surface area contributed by atoms with Crippen LogP contribution in [-0.2, 0) is 29.2 Å². The number of aliphatic hydroxyl groups is 1. The molecule has 9 nitrogen and oxygen atoms in total. The summed E-state index contributed by atoms with van der Waals surface area (Å²) in [7, 11) is 0. The zero-order valence-electron chi connectivity index (χ0n) is 27.2. The van der Waals surface area contributed by atoms with Crippen LogP contribution in [0.4, 0.5) is 0 Å². The highest BCUT2D eigenvalue weighted by Crippen LogP contribution is 2.39. The molecule has 50 heavy (non-hydrogen) atoms. The van der Waals surface area contributed by atoms with Crippen molar-refractivity contribution < 1.29 is 19.4 Å². The maximum Gasteiger partial charge on any atom is 0.271 e. The fourth-order valence-electron chi connectivity index (χ4n) is 6.52. The predicted octanol–water partition coefficient (Wildman–Crippen LogP) is 7.31. The summed E-state index contributed by atoms with van der Waals surface area (Å²) in [6, 6.07) is 39.7. The number of fused-ring (bicyclic) bond motifs is 2. The maximum atomic E-state index is 13.0. The molecule has 0 aliphatic carbocycles. The Morgan fingerprint density at radius 3 is 2.32 bits per heavy atom. The maximum absolute atomic E-state index is 13.0. The van der Waals surface area contributed by atoms with E-state index < -0.39 is 6.29 Å². The van der Waals surface area contributed by atoms with E-state index in [2.05, 4.69) is 49.1 Å². The molecular weight excluding hydrogens is 626 g/mol. The number of carbonyl (C=O) groups is 1. The molecule has 7 aromatic rings. The second-order valence-electron chi connectivity index (χ2n) is 12.4. The van der Waals surface area contributed by atoms with Crippen molar-refractivity contribution in [2.24, 2.45) is 0 Å². The molecule has 248 valence electrons. The Bertz CT molecular complexity index is 2270. The number of rotatable bonds is 9. The predicted molar refractivity (Wildman–Crippen MR) is 191 cm³/mol. The third-order valence-electron chi connectivity index (χ3n) is 9.17. The Morgan fingerprint density at radius 1 is 0.780 bits per heavy atom. The van der Waals surface area contributed by atoms with Gasteiger partial charge in [0.2, 0.25) is 0 Å². The normalized spacial score (nSPS) is 17.6. The fourth-order valence-corrected chi connectivity index (χ4v) is 6.52. The van der Waals surface area contributed by atoms with Gasteiger partial charge in [-0.15, -0.1) is 0 Å². The van der Waals surface area contributed by atoms with Gasteiger partial charge in [-0.1, -0.05) is 97.1 Å². The minimum Gasteiger partial charge on any atom is -0.392 e. The molecule has 1 aliphatic heterocycles. The van der Waals surface area contributed by atoms with E-state index in [1.54, 1.807) is 0 Å². The summed E-state index contributed by atoms with van der Waals surface area (Å²) >= 11 is 0. The minimum absolute atomic E-state index is 0.00511. The smallest absolute Gasteiger partial charge is 0.271 e. The fraction of sp³-hybridized carbons (Fsp3) is 0.171. The molecule has 5 aromatic carbocycles. The number of nitrogens with one attached hydrogen (secondary N) is 1. The van der Waals surface area contributed by atoms with Gasteiger partial charge in [-0.2, -0.15) is 0 Å². The Hall–Kier alpha value is -5.74. The lowest BCUT2D eigenvalue weighted by Crippen LogP contribution is -2.32. The van der Waals surface area contributed by atoms with E-state index in [-0.39, 0.29) is 30.4 Å². The highest BCUT2D eigenvalue weighted by molar-refractivity contribution is 5.93. The lowest BCUT2D eigenvalue weighted by atomic mass is 9.97. The average Bonchev–Trinajstić information content (AvgIpc) is 3.59. The van der Waals surface area contributed by atoms with E-state index in [4.69, 9.17) is 9.47 Å². The molecule has 0 spiro atoms. The Kier molecular flexibility index (Phi) is 8.83. The zero-order chi connectivity index (χ0) is 33.9. The van der Waals surface area contributed by atoms with Crippen LogP contribution in [0.25, 0.3) is 33.2 Å². The zero-order valence-corrected chi connectivity index (χ0v) is 27.2. The van der Waals surface area contributed by atoms with Gasteiger partial charge in [0, 0.05) is 18.5 Å². The Morgan fingerprint density at radius 2 is 1.50 bits per heavy atom. The summed E-state index contributed by atoms with van der Waals surface area (Å²) in [5.74, 6) is -0.279. The quantitative estimate of drug-likeness (QED) is 0.167. The van der Waals surface area contributed by atoms with Crippen molar-refractivity contribution >= 4 is 28.0 Å². The van der Waals surface area contributed by atoms with Crippen molar-refractivity contribution in [3.63, 3.8) is 0 Å². The SMILES string of the molecule is O=C(NCc1ccccc1-c1ccc([C@@H]2O[C@H](Cn3cnc4ccccc43)C[C@H](c3ccc(CO)cc3)O2)cc1)c1cnc2ccccc2n1. The molecule has 1 aliphatic rings. The third-order valence-corrected chi connectivity index (χ3v) is 9.17. The first-order valence-corrected chi connectivity index (χ1v) is 16.7. The number of carbonyl (C=O) groups excluding carboxylic acids is 1. The first kappa shape index (κ1) is 31.5. The number of nitrogens with zero attached hydrogens (tertiary/aromatic N) is 4. The largest absolute Gasteiger partial charge is 0.392 e. The van der Waals surface area contributed by atoms with Crippen LogP contribution in [0.1, 0.15) is 51.6 Å². The highest BCUT2D eigenvalue weighted by Gasteiger charge is 2.32. The lowest BCUT2D eigenvalue weighted by Gasteiger charge is -2.36. The molecule has 2 aromatic heterocycles. The standard InChI is InChI=1S/C41H35N5O4/c47-25-27-13-15-29(16-14-27)39-21-32(24-46-26-44-36-11-5-6-12-38(36)46)49-41(50-39)30-19-17-28(18-20-30)33-8-2-1-7-31(33)22-43-40(48)37-23-42-34-9-3-4-10-35(34)45-37/h1-20,23,26,32,39,41,47H,21-22,24-25H2,(H,43,48)/t32-,39+,41+/m0/s1. The summed E-state index contributed by atoms with van der Waals surface area (Å²) in [5.41, 5.74) is 9.53. The molecule has 8 rings (SSSR count). The molecule has 0 saturated carbocycles. The van der Waals surface area contributed by atoms with Crippen LogP contribution in [0.2, 0.25) is 0 Å². The molecule has 0 radical (unpaired) electrons. The van der Waals surface area contributed by atoms with Gasteiger partial charge < -0.3 is 24.5 Å². The number of hydrogen-bond donors (Lipinski definition) is 2. The van der Waals surface area contributed by atoms with E-state index >= 15 is 0 Å². The molecule has 3 atom stereocenters. The second kappa shape index (κ2) is 14.0. The number of para-hydroxylation sites is 4. The molecule has 1 fully saturated rings. The summed E-state index contributed by atoms with van der Waals surface area (Å²) in [6.45, 7) is 0.962. The van der Waals surface area contributed by atoms with Crippen LogP contribution in [0.15, 0.2) is 134 Å². The summed E-state index contributed by atoms with van der Waals surface area (Å²) < 4.78 is 15.4. The van der Waals surface area contributed by atoms with Crippen LogP contribution >= 0.6 is 0 Å². The van der Waals surface area contributed by atoms with Crippen LogP contribution in [0.3, 0.4) is 0 Å². The van der Waals surface area contributed by atoms with E-state index in [0.717, 1.165) is 49.9 Å². The van der Waals surface area contributed by atoms with Crippen molar-refractivity contribution in [1.82, 2.24) is 24.8 Å². The van der Waals surface area contributed by atoms with Crippen molar-refractivity contribution in [3.8, 4) is 11.1 Å². The second-order valence-corrected chi connectivity index (χ2v) is 12.4. The van der Waals surface area contributed by atoms with Gasteiger partial charge in [-0.25, -0.2) is 9.97 Å². The van der Waals surface area contributed by atoms with Crippen LogP contribution < -0.4 is 5.32 Å². The molecule has 0 bridgehead atoms. The first-order chi connectivity index (χ1) is 24.6. The van der Waals surface area contributed by atoms with Gasteiger partial charge in [0.1, 0.15) is 5.69 Å². The van der Waals surface area contributed by atoms with Crippen molar-refractivity contribution in [1.29, 1.82) is 0 Å². The van der Waals surface area contributed by atoms with Gasteiger partial charge >= 0.3 is 0 Å². The number of imidazole rings is 1. The van der Waals surface area contributed by atoms with Crippen LogP contribution in [-0.4, -0.2) is 36.6 Å². The number of ether oxygens (including phenoxy) is 2. The number of benzene rings is 5. The summed E-state index contributed by atoms with van der Waals surface area (Å²) in [4.78, 5) is 26.5. The third kappa shape index (κ3) is 6.62. The van der Waals surface area contributed by atoms with E-state index in [1.807, 2.05) is 103 Å². The van der Waals surface area contributed by atoms with Gasteiger partial charge in [-0.05, 0) is 52.1 Å². The van der Waals surface area contributed by atoms with Crippen molar-refractivity contribution in [3.05, 3.63) is 162 Å². The number of aromatic nitrogens is 4. The monoisotopic (exact) mass is 661 g/mol. The molecule has 1 amide bonds. The summed E-state index contributed by atoms with van der Waals surface area (Å²) in [6.07, 6.45) is 3.13. The van der Waals surface area contributed by atoms with Crippen LogP contribution in [0.5, 0.6) is 0 Å². The van der Waals surface area contributed by atoms with Gasteiger partial charge in [0.25, 0.3) is 5.91 Å².